The van der Waals surface area contributed by atoms with Crippen LogP contribution in [0.1, 0.15) is 116 Å². The zero-order valence-corrected chi connectivity index (χ0v) is 15.7. The maximum Gasteiger partial charge on any atom is 0.133 e. The topological polar surface area (TPSA) is 17.1 Å². The van der Waals surface area contributed by atoms with E-state index in [9.17, 15) is 4.79 Å². The Balaban J connectivity index is 1.42. The Labute approximate surface area is 145 Å². The Morgan fingerprint density at radius 3 is 2.13 bits per heavy atom. The number of fused-ring (bicyclic) bond motifs is 1. The molecule has 0 heterocycles. The predicted molar refractivity (Wildman–Crippen MR) is 99.6 cm³/mol. The normalized spacial score (nSPS) is 27.9. The monoisotopic (exact) mass is 320 g/mol. The number of unbranched alkanes of at least 4 members (excludes halogenated alkanes) is 9. The van der Waals surface area contributed by atoms with Gasteiger partial charge < -0.3 is 0 Å². The zero-order valence-electron chi connectivity index (χ0n) is 15.7. The molecule has 2 rings (SSSR count). The van der Waals surface area contributed by atoms with Crippen molar-refractivity contribution in [3.8, 4) is 0 Å². The number of Topliss-reactive ketones (excluding diaryl/α,β-unsaturated/α-hetero) is 1. The van der Waals surface area contributed by atoms with Crippen molar-refractivity contribution in [2.24, 2.45) is 17.8 Å². The molecule has 2 aliphatic carbocycles. The summed E-state index contributed by atoms with van der Waals surface area (Å²) in [4.78, 5) is 11.6. The zero-order chi connectivity index (χ0) is 16.3. The van der Waals surface area contributed by atoms with Crippen molar-refractivity contribution in [3.05, 3.63) is 0 Å². The summed E-state index contributed by atoms with van der Waals surface area (Å²) >= 11 is 0. The van der Waals surface area contributed by atoms with Crippen LogP contribution in [0.5, 0.6) is 0 Å². The van der Waals surface area contributed by atoms with E-state index in [1.807, 2.05) is 0 Å². The van der Waals surface area contributed by atoms with Crippen molar-refractivity contribution in [3.63, 3.8) is 0 Å². The second-order valence-electron chi connectivity index (χ2n) is 8.45. The number of hydrogen-bond acceptors (Lipinski definition) is 1. The van der Waals surface area contributed by atoms with Gasteiger partial charge in [-0.2, -0.15) is 0 Å². The minimum Gasteiger partial charge on any atom is -0.300 e. The Kier molecular flexibility index (Phi) is 9.31. The third-order valence-electron chi connectivity index (χ3n) is 6.50. The second-order valence-corrected chi connectivity index (χ2v) is 8.45. The van der Waals surface area contributed by atoms with Crippen LogP contribution in [0.25, 0.3) is 0 Å². The van der Waals surface area contributed by atoms with Gasteiger partial charge in [-0.15, -0.1) is 0 Å². The van der Waals surface area contributed by atoms with E-state index in [0.29, 0.717) is 5.78 Å². The minimum atomic E-state index is 0.541. The maximum absolute atomic E-state index is 11.6. The molecule has 1 nitrogen and oxygen atoms in total. The summed E-state index contributed by atoms with van der Waals surface area (Å²) in [6.07, 6.45) is 23.1. The van der Waals surface area contributed by atoms with Gasteiger partial charge in [0, 0.05) is 12.8 Å². The van der Waals surface area contributed by atoms with Crippen molar-refractivity contribution >= 4 is 5.78 Å². The smallest absolute Gasteiger partial charge is 0.133 e. The Morgan fingerprint density at radius 2 is 1.43 bits per heavy atom. The number of rotatable bonds is 11. The molecular formula is C22H40O. The number of ketones is 1. The standard InChI is InChI=1S/C22H40O/c1-2-3-4-5-6-7-8-9-10-11-12-19-13-14-21-18-22(23)16-15-20(21)17-19/h19-21H,2-18H2,1H3. The molecule has 0 amide bonds. The maximum atomic E-state index is 11.6. The van der Waals surface area contributed by atoms with Crippen LogP contribution in [0.3, 0.4) is 0 Å². The van der Waals surface area contributed by atoms with Gasteiger partial charge in [0.05, 0.1) is 0 Å². The van der Waals surface area contributed by atoms with E-state index < -0.39 is 0 Å². The van der Waals surface area contributed by atoms with Gasteiger partial charge in [-0.3, -0.25) is 4.79 Å². The number of hydrogen-bond donors (Lipinski definition) is 0. The van der Waals surface area contributed by atoms with Crippen molar-refractivity contribution in [2.45, 2.75) is 116 Å². The Bertz CT molecular complexity index is 322. The summed E-state index contributed by atoms with van der Waals surface area (Å²) in [5.41, 5.74) is 0. The quantitative estimate of drug-likeness (QED) is 0.372. The molecule has 0 bridgehead atoms. The summed E-state index contributed by atoms with van der Waals surface area (Å²) in [5, 5.41) is 0. The van der Waals surface area contributed by atoms with Gasteiger partial charge in [0.15, 0.2) is 0 Å². The molecule has 0 spiro atoms. The van der Waals surface area contributed by atoms with Crippen LogP contribution in [-0.2, 0) is 4.79 Å². The number of carbonyl (C=O) groups is 1. The van der Waals surface area contributed by atoms with E-state index in [1.165, 1.54) is 96.3 Å². The van der Waals surface area contributed by atoms with Gasteiger partial charge in [0.1, 0.15) is 5.78 Å². The first-order valence-corrected chi connectivity index (χ1v) is 10.8. The molecule has 134 valence electrons. The SMILES string of the molecule is CCCCCCCCCCCCC1CCC2CC(=O)CCC2C1. The van der Waals surface area contributed by atoms with Crippen LogP contribution in [0, 0.1) is 17.8 Å². The molecule has 2 aliphatic rings. The van der Waals surface area contributed by atoms with Crippen molar-refractivity contribution < 1.29 is 4.79 Å². The third kappa shape index (κ3) is 7.40. The van der Waals surface area contributed by atoms with Crippen LogP contribution >= 0.6 is 0 Å². The molecule has 2 saturated carbocycles. The average molecular weight is 321 g/mol. The van der Waals surface area contributed by atoms with Gasteiger partial charge in [0.2, 0.25) is 0 Å². The number of carbonyl (C=O) groups excluding carboxylic acids is 1. The van der Waals surface area contributed by atoms with Crippen LogP contribution in [0.2, 0.25) is 0 Å². The van der Waals surface area contributed by atoms with Crippen LogP contribution in [0.15, 0.2) is 0 Å². The van der Waals surface area contributed by atoms with Crippen molar-refractivity contribution in [2.75, 3.05) is 0 Å². The lowest BCUT2D eigenvalue weighted by Crippen LogP contribution is -2.31. The van der Waals surface area contributed by atoms with Crippen LogP contribution < -0.4 is 0 Å². The third-order valence-corrected chi connectivity index (χ3v) is 6.50. The molecule has 0 aliphatic heterocycles. The highest BCUT2D eigenvalue weighted by atomic mass is 16.1. The summed E-state index contributed by atoms with van der Waals surface area (Å²) in [5.74, 6) is 3.19. The summed E-state index contributed by atoms with van der Waals surface area (Å²) < 4.78 is 0. The molecule has 3 unspecified atom stereocenters. The molecule has 0 saturated heterocycles. The summed E-state index contributed by atoms with van der Waals surface area (Å²) in [6, 6.07) is 0. The molecule has 1 heteroatoms. The largest absolute Gasteiger partial charge is 0.300 e. The highest BCUT2D eigenvalue weighted by Crippen LogP contribution is 2.43. The van der Waals surface area contributed by atoms with Gasteiger partial charge >= 0.3 is 0 Å². The summed E-state index contributed by atoms with van der Waals surface area (Å²) in [7, 11) is 0. The predicted octanol–water partition coefficient (Wildman–Crippen LogP) is 7.08. The first-order chi connectivity index (χ1) is 11.3. The molecular weight excluding hydrogens is 280 g/mol. The molecule has 0 radical (unpaired) electrons. The lowest BCUT2D eigenvalue weighted by Gasteiger charge is -2.38. The molecule has 2 fully saturated rings. The minimum absolute atomic E-state index is 0.541. The van der Waals surface area contributed by atoms with Gasteiger partial charge in [-0.05, 0) is 37.0 Å². The lowest BCUT2D eigenvalue weighted by atomic mass is 9.66. The first-order valence-electron chi connectivity index (χ1n) is 10.8. The fourth-order valence-corrected chi connectivity index (χ4v) is 4.97. The van der Waals surface area contributed by atoms with E-state index in [0.717, 1.165) is 30.6 Å². The fourth-order valence-electron chi connectivity index (χ4n) is 4.97. The second kappa shape index (κ2) is 11.3. The van der Waals surface area contributed by atoms with E-state index >= 15 is 0 Å². The van der Waals surface area contributed by atoms with Crippen molar-refractivity contribution in [1.29, 1.82) is 0 Å². The van der Waals surface area contributed by atoms with Gasteiger partial charge in [0.25, 0.3) is 0 Å². The molecule has 3 atom stereocenters. The fraction of sp³-hybridized carbons (Fsp3) is 0.955. The van der Waals surface area contributed by atoms with Crippen molar-refractivity contribution in [1.82, 2.24) is 0 Å². The Morgan fingerprint density at radius 1 is 0.783 bits per heavy atom. The highest BCUT2D eigenvalue weighted by Gasteiger charge is 2.34. The van der Waals surface area contributed by atoms with Gasteiger partial charge in [-0.25, -0.2) is 0 Å². The van der Waals surface area contributed by atoms with Crippen LogP contribution in [-0.4, -0.2) is 5.78 Å². The van der Waals surface area contributed by atoms with Gasteiger partial charge in [-0.1, -0.05) is 84.0 Å². The molecule has 0 aromatic heterocycles. The highest BCUT2D eigenvalue weighted by molar-refractivity contribution is 5.79. The molecule has 0 aromatic rings. The molecule has 23 heavy (non-hydrogen) atoms. The van der Waals surface area contributed by atoms with E-state index in [1.54, 1.807) is 0 Å². The van der Waals surface area contributed by atoms with E-state index in [4.69, 9.17) is 0 Å². The molecule has 0 N–H and O–H groups in total. The lowest BCUT2D eigenvalue weighted by molar-refractivity contribution is -0.123. The first kappa shape index (κ1) is 19.0. The summed E-state index contributed by atoms with van der Waals surface area (Å²) in [6.45, 7) is 2.29. The Hall–Kier alpha value is -0.330. The van der Waals surface area contributed by atoms with Crippen LogP contribution in [0.4, 0.5) is 0 Å². The van der Waals surface area contributed by atoms with E-state index in [2.05, 4.69) is 6.92 Å². The van der Waals surface area contributed by atoms with E-state index in [-0.39, 0.29) is 0 Å². The molecule has 0 aromatic carbocycles. The average Bonchev–Trinajstić information content (AvgIpc) is 2.56.